The molecule has 1 amide bonds. The van der Waals surface area contributed by atoms with Crippen LogP contribution in [-0.4, -0.2) is 22.4 Å². The van der Waals surface area contributed by atoms with E-state index in [0.717, 1.165) is 5.65 Å². The van der Waals surface area contributed by atoms with E-state index in [1.54, 1.807) is 31.5 Å². The third-order valence-electron chi connectivity index (χ3n) is 3.00. The van der Waals surface area contributed by atoms with Gasteiger partial charge in [-0.1, -0.05) is 12.1 Å². The van der Waals surface area contributed by atoms with Gasteiger partial charge in [-0.3, -0.25) is 4.79 Å². The minimum absolute atomic E-state index is 0.207. The van der Waals surface area contributed by atoms with Crippen molar-refractivity contribution in [3.8, 4) is 5.75 Å². The highest BCUT2D eigenvalue weighted by Gasteiger charge is 2.11. The molecule has 2 heterocycles. The van der Waals surface area contributed by atoms with Gasteiger partial charge in [0.25, 0.3) is 5.91 Å². The van der Waals surface area contributed by atoms with Gasteiger partial charge < -0.3 is 14.5 Å². The van der Waals surface area contributed by atoms with Gasteiger partial charge in [-0.2, -0.15) is 0 Å². The zero-order chi connectivity index (χ0) is 13.9. The molecule has 0 atom stereocenters. The third kappa shape index (κ3) is 2.21. The van der Waals surface area contributed by atoms with Gasteiger partial charge in [0.1, 0.15) is 11.4 Å². The number of carbonyl (C=O) groups excluding carboxylic acids is 1. The van der Waals surface area contributed by atoms with E-state index in [4.69, 9.17) is 4.74 Å². The van der Waals surface area contributed by atoms with Crippen LogP contribution in [0.25, 0.3) is 5.65 Å². The average molecular weight is 267 g/mol. The molecule has 1 aromatic carbocycles. The Morgan fingerprint density at radius 3 is 2.95 bits per heavy atom. The molecule has 0 bridgehead atoms. The molecule has 3 rings (SSSR count). The lowest BCUT2D eigenvalue weighted by molar-refractivity contribution is 0.102. The van der Waals surface area contributed by atoms with E-state index in [1.807, 2.05) is 35.0 Å². The number of pyridine rings is 1. The summed E-state index contributed by atoms with van der Waals surface area (Å²) in [6.45, 7) is 0. The predicted molar refractivity (Wildman–Crippen MR) is 76.1 cm³/mol. The molecule has 0 aliphatic carbocycles. The number of methoxy groups -OCH3 is 1. The number of para-hydroxylation sites is 1. The molecule has 0 saturated heterocycles. The number of fused-ring (bicyclic) bond motifs is 1. The Hall–Kier alpha value is -2.82. The Balaban J connectivity index is 1.88. The van der Waals surface area contributed by atoms with Gasteiger partial charge in [-0.05, 0) is 24.3 Å². The number of rotatable bonds is 3. The first-order valence-corrected chi connectivity index (χ1v) is 6.15. The van der Waals surface area contributed by atoms with Crippen LogP contribution in [0.4, 0.5) is 5.69 Å². The summed E-state index contributed by atoms with van der Waals surface area (Å²) in [5.74, 6) is 0.343. The maximum absolute atomic E-state index is 12.3. The quantitative estimate of drug-likeness (QED) is 0.793. The molecule has 0 aliphatic heterocycles. The highest BCUT2D eigenvalue weighted by Crippen LogP contribution is 2.19. The van der Waals surface area contributed by atoms with E-state index in [-0.39, 0.29) is 5.91 Å². The topological polar surface area (TPSA) is 55.6 Å². The molecule has 5 nitrogen and oxygen atoms in total. The standard InChI is InChI=1S/C15H13N3O2/c1-20-13-5-3-2-4-12(13)15(19)17-11-6-7-14-16-8-9-18(14)10-11/h2-10H,1H3,(H,17,19). The van der Waals surface area contributed by atoms with E-state index in [2.05, 4.69) is 10.3 Å². The van der Waals surface area contributed by atoms with Crippen LogP contribution in [0.5, 0.6) is 5.75 Å². The molecule has 0 saturated carbocycles. The second kappa shape index (κ2) is 5.05. The van der Waals surface area contributed by atoms with E-state index < -0.39 is 0 Å². The summed E-state index contributed by atoms with van der Waals surface area (Å²) in [4.78, 5) is 16.4. The molecule has 0 radical (unpaired) electrons. The molecule has 5 heteroatoms. The van der Waals surface area contributed by atoms with Crippen molar-refractivity contribution in [2.45, 2.75) is 0 Å². The van der Waals surface area contributed by atoms with E-state index in [1.165, 1.54) is 0 Å². The SMILES string of the molecule is COc1ccccc1C(=O)Nc1ccc2nccn2c1. The lowest BCUT2D eigenvalue weighted by atomic mass is 10.2. The monoisotopic (exact) mass is 267 g/mol. The highest BCUT2D eigenvalue weighted by molar-refractivity contribution is 6.06. The number of nitrogens with one attached hydrogen (secondary N) is 1. The van der Waals surface area contributed by atoms with Crippen LogP contribution in [0.2, 0.25) is 0 Å². The van der Waals surface area contributed by atoms with Crippen molar-refractivity contribution in [3.05, 3.63) is 60.6 Å². The van der Waals surface area contributed by atoms with Crippen molar-refractivity contribution in [2.24, 2.45) is 0 Å². The minimum atomic E-state index is -0.207. The molecule has 2 aromatic heterocycles. The Labute approximate surface area is 115 Å². The first-order chi connectivity index (χ1) is 9.78. The minimum Gasteiger partial charge on any atom is -0.496 e. The lowest BCUT2D eigenvalue weighted by Gasteiger charge is -2.09. The number of hydrogen-bond acceptors (Lipinski definition) is 3. The summed E-state index contributed by atoms with van der Waals surface area (Å²) in [7, 11) is 1.55. The first-order valence-electron chi connectivity index (χ1n) is 6.15. The molecular weight excluding hydrogens is 254 g/mol. The molecule has 3 aromatic rings. The average Bonchev–Trinajstić information content (AvgIpc) is 2.94. The second-order valence-corrected chi connectivity index (χ2v) is 4.26. The van der Waals surface area contributed by atoms with Crippen LogP contribution < -0.4 is 10.1 Å². The van der Waals surface area contributed by atoms with Crippen LogP contribution in [0.3, 0.4) is 0 Å². The van der Waals surface area contributed by atoms with Crippen LogP contribution in [0.15, 0.2) is 55.0 Å². The van der Waals surface area contributed by atoms with Gasteiger partial charge >= 0.3 is 0 Å². The molecule has 0 fully saturated rings. The van der Waals surface area contributed by atoms with E-state index >= 15 is 0 Å². The zero-order valence-corrected chi connectivity index (χ0v) is 10.9. The molecule has 0 spiro atoms. The molecular formula is C15H13N3O2. The molecule has 20 heavy (non-hydrogen) atoms. The summed E-state index contributed by atoms with van der Waals surface area (Å²) in [6, 6.07) is 10.8. The third-order valence-corrected chi connectivity index (χ3v) is 3.00. The fourth-order valence-electron chi connectivity index (χ4n) is 2.02. The molecule has 0 unspecified atom stereocenters. The second-order valence-electron chi connectivity index (χ2n) is 4.26. The van der Waals surface area contributed by atoms with Crippen molar-refractivity contribution in [3.63, 3.8) is 0 Å². The molecule has 100 valence electrons. The number of nitrogens with zero attached hydrogens (tertiary/aromatic N) is 2. The molecule has 1 N–H and O–H groups in total. The maximum atomic E-state index is 12.3. The predicted octanol–water partition coefficient (Wildman–Crippen LogP) is 2.60. The van der Waals surface area contributed by atoms with Gasteiger partial charge in [-0.15, -0.1) is 0 Å². The number of aromatic nitrogens is 2. The van der Waals surface area contributed by atoms with Gasteiger partial charge in [0.05, 0.1) is 18.4 Å². The van der Waals surface area contributed by atoms with Crippen molar-refractivity contribution in [2.75, 3.05) is 12.4 Å². The Morgan fingerprint density at radius 2 is 2.10 bits per heavy atom. The van der Waals surface area contributed by atoms with Crippen LogP contribution in [0.1, 0.15) is 10.4 Å². The fraction of sp³-hybridized carbons (Fsp3) is 0.0667. The number of anilines is 1. The normalized spacial score (nSPS) is 10.4. The number of benzene rings is 1. The van der Waals surface area contributed by atoms with Crippen molar-refractivity contribution >= 4 is 17.2 Å². The summed E-state index contributed by atoms with van der Waals surface area (Å²) in [6.07, 6.45) is 5.35. The maximum Gasteiger partial charge on any atom is 0.259 e. The number of carbonyl (C=O) groups is 1. The summed E-state index contributed by atoms with van der Waals surface area (Å²) in [5.41, 5.74) is 2.03. The smallest absolute Gasteiger partial charge is 0.259 e. The summed E-state index contributed by atoms with van der Waals surface area (Å²) >= 11 is 0. The Bertz CT molecular complexity index is 764. The van der Waals surface area contributed by atoms with Gasteiger partial charge in [-0.25, -0.2) is 4.98 Å². The number of hydrogen-bond donors (Lipinski definition) is 1. The highest BCUT2D eigenvalue weighted by atomic mass is 16.5. The number of imidazole rings is 1. The number of ether oxygens (including phenoxy) is 1. The van der Waals surface area contributed by atoms with Crippen molar-refractivity contribution in [1.29, 1.82) is 0 Å². The zero-order valence-electron chi connectivity index (χ0n) is 10.9. The largest absolute Gasteiger partial charge is 0.496 e. The lowest BCUT2D eigenvalue weighted by Crippen LogP contribution is -2.13. The van der Waals surface area contributed by atoms with E-state index in [9.17, 15) is 4.79 Å². The van der Waals surface area contributed by atoms with Crippen molar-refractivity contribution < 1.29 is 9.53 Å². The number of amides is 1. The van der Waals surface area contributed by atoms with Gasteiger partial charge in [0, 0.05) is 18.6 Å². The molecule has 0 aliphatic rings. The summed E-state index contributed by atoms with van der Waals surface area (Å²) < 4.78 is 7.03. The Morgan fingerprint density at radius 1 is 1.25 bits per heavy atom. The first kappa shape index (κ1) is 12.2. The van der Waals surface area contributed by atoms with Gasteiger partial charge in [0.2, 0.25) is 0 Å². The fourth-order valence-corrected chi connectivity index (χ4v) is 2.02. The van der Waals surface area contributed by atoms with Crippen LogP contribution in [0, 0.1) is 0 Å². The van der Waals surface area contributed by atoms with E-state index in [0.29, 0.717) is 17.0 Å². The summed E-state index contributed by atoms with van der Waals surface area (Å²) in [5, 5.41) is 2.85. The van der Waals surface area contributed by atoms with Crippen LogP contribution in [-0.2, 0) is 0 Å². The van der Waals surface area contributed by atoms with Crippen molar-refractivity contribution in [1.82, 2.24) is 9.38 Å². The Kier molecular flexibility index (Phi) is 3.09. The van der Waals surface area contributed by atoms with Crippen LogP contribution >= 0.6 is 0 Å². The van der Waals surface area contributed by atoms with Gasteiger partial charge in [0.15, 0.2) is 0 Å².